The Morgan fingerprint density at radius 3 is 3.00 bits per heavy atom. The van der Waals surface area contributed by atoms with Gasteiger partial charge in [0, 0.05) is 6.20 Å². The first kappa shape index (κ1) is 11.4. The van der Waals surface area contributed by atoms with Crippen LogP contribution in [0.1, 0.15) is 23.0 Å². The average molecular weight is 330 g/mol. The number of nitrogens with zero attached hydrogens (tertiary/aromatic N) is 2. The highest BCUT2D eigenvalue weighted by Gasteiger charge is 2.18. The van der Waals surface area contributed by atoms with Crippen LogP contribution in [0, 0.1) is 10.6 Å². The minimum Gasteiger partial charge on any atom is -0.461 e. The molecule has 4 nitrogen and oxygen atoms in total. The van der Waals surface area contributed by atoms with Crippen molar-refractivity contribution in [3.05, 3.63) is 33.3 Å². The molecule has 2 aromatic rings. The topological polar surface area (TPSA) is 43.6 Å². The Hall–Kier alpha value is -1.11. The van der Waals surface area contributed by atoms with E-state index in [1.165, 1.54) is 0 Å². The summed E-state index contributed by atoms with van der Waals surface area (Å²) >= 11 is 2.11. The standard InChI is InChI=1S/C11H11IN2O2/c1-3-16-11(15)8-9(12)14-6-4-5-7(2)10(14)13-8/h4-6H,3H2,1-2H3. The third kappa shape index (κ3) is 1.79. The maximum atomic E-state index is 11.6. The summed E-state index contributed by atoms with van der Waals surface area (Å²) in [5.74, 6) is -0.366. The zero-order valence-electron chi connectivity index (χ0n) is 9.03. The summed E-state index contributed by atoms with van der Waals surface area (Å²) in [6.07, 6.45) is 1.89. The largest absolute Gasteiger partial charge is 0.461 e. The molecule has 0 N–H and O–H groups in total. The predicted octanol–water partition coefficient (Wildman–Crippen LogP) is 2.42. The van der Waals surface area contributed by atoms with E-state index in [2.05, 4.69) is 27.6 Å². The molecule has 0 aliphatic heterocycles. The summed E-state index contributed by atoms with van der Waals surface area (Å²) in [5, 5.41) is 0. The number of aryl methyl sites for hydroxylation is 1. The van der Waals surface area contributed by atoms with Crippen LogP contribution in [0.15, 0.2) is 18.3 Å². The van der Waals surface area contributed by atoms with Gasteiger partial charge in [-0.1, -0.05) is 6.07 Å². The molecule has 0 aliphatic rings. The summed E-state index contributed by atoms with van der Waals surface area (Å²) in [6.45, 7) is 4.11. The van der Waals surface area contributed by atoms with E-state index in [1.807, 2.05) is 29.7 Å². The fourth-order valence-corrected chi connectivity index (χ4v) is 2.23. The normalized spacial score (nSPS) is 10.7. The molecular formula is C11H11IN2O2. The molecule has 2 rings (SSSR count). The molecule has 16 heavy (non-hydrogen) atoms. The Kier molecular flexibility index (Phi) is 3.13. The van der Waals surface area contributed by atoms with Crippen LogP contribution in [0.25, 0.3) is 5.65 Å². The van der Waals surface area contributed by atoms with Gasteiger partial charge in [0.2, 0.25) is 0 Å². The molecule has 2 aromatic heterocycles. The van der Waals surface area contributed by atoms with Crippen molar-refractivity contribution < 1.29 is 9.53 Å². The second-order valence-electron chi connectivity index (χ2n) is 3.36. The highest BCUT2D eigenvalue weighted by molar-refractivity contribution is 14.1. The smallest absolute Gasteiger partial charge is 0.359 e. The SMILES string of the molecule is CCOC(=O)c1nc2c(C)cccn2c1I. The first-order valence-electron chi connectivity index (χ1n) is 4.95. The number of carbonyl (C=O) groups is 1. The lowest BCUT2D eigenvalue weighted by Gasteiger charge is -1.98. The number of ether oxygens (including phenoxy) is 1. The quantitative estimate of drug-likeness (QED) is 0.627. The van der Waals surface area contributed by atoms with E-state index >= 15 is 0 Å². The molecule has 5 heteroatoms. The van der Waals surface area contributed by atoms with Crippen molar-refractivity contribution >= 4 is 34.2 Å². The number of imidazole rings is 1. The first-order valence-corrected chi connectivity index (χ1v) is 6.03. The summed E-state index contributed by atoms with van der Waals surface area (Å²) in [4.78, 5) is 16.0. The van der Waals surface area contributed by atoms with Gasteiger partial charge >= 0.3 is 5.97 Å². The zero-order chi connectivity index (χ0) is 11.7. The van der Waals surface area contributed by atoms with Gasteiger partial charge < -0.3 is 4.74 Å². The molecule has 0 amide bonds. The second-order valence-corrected chi connectivity index (χ2v) is 4.38. The molecular weight excluding hydrogens is 319 g/mol. The Bertz CT molecular complexity index is 548. The van der Waals surface area contributed by atoms with E-state index in [0.29, 0.717) is 12.3 Å². The van der Waals surface area contributed by atoms with Crippen LogP contribution in [-0.4, -0.2) is 22.0 Å². The van der Waals surface area contributed by atoms with E-state index in [9.17, 15) is 4.79 Å². The van der Waals surface area contributed by atoms with Gasteiger partial charge in [0.05, 0.1) is 6.61 Å². The zero-order valence-corrected chi connectivity index (χ0v) is 11.2. The molecule has 0 aliphatic carbocycles. The van der Waals surface area contributed by atoms with Crippen molar-refractivity contribution in [1.82, 2.24) is 9.38 Å². The van der Waals surface area contributed by atoms with Crippen LogP contribution in [0.2, 0.25) is 0 Å². The van der Waals surface area contributed by atoms with Gasteiger partial charge in [-0.2, -0.15) is 0 Å². The van der Waals surface area contributed by atoms with E-state index < -0.39 is 0 Å². The lowest BCUT2D eigenvalue weighted by molar-refractivity contribution is 0.0519. The fraction of sp³-hybridized carbons (Fsp3) is 0.273. The Morgan fingerprint density at radius 1 is 1.62 bits per heavy atom. The van der Waals surface area contributed by atoms with Gasteiger partial charge in [0.15, 0.2) is 5.69 Å². The van der Waals surface area contributed by atoms with Gasteiger partial charge in [0.1, 0.15) is 9.35 Å². The number of carbonyl (C=O) groups excluding carboxylic acids is 1. The Labute approximate surface area is 107 Å². The highest BCUT2D eigenvalue weighted by atomic mass is 127. The number of hydrogen-bond donors (Lipinski definition) is 0. The van der Waals surface area contributed by atoms with Crippen LogP contribution in [-0.2, 0) is 4.74 Å². The number of halogens is 1. The Morgan fingerprint density at radius 2 is 2.38 bits per heavy atom. The third-order valence-electron chi connectivity index (χ3n) is 2.26. The van der Waals surface area contributed by atoms with Crippen molar-refractivity contribution in [3.8, 4) is 0 Å². The van der Waals surface area contributed by atoms with E-state index in [1.54, 1.807) is 6.92 Å². The summed E-state index contributed by atoms with van der Waals surface area (Å²) in [7, 11) is 0. The number of aromatic nitrogens is 2. The van der Waals surface area contributed by atoms with Gasteiger partial charge in [0.25, 0.3) is 0 Å². The minimum atomic E-state index is -0.366. The monoisotopic (exact) mass is 330 g/mol. The van der Waals surface area contributed by atoms with Crippen LogP contribution >= 0.6 is 22.6 Å². The molecule has 0 spiro atoms. The number of esters is 1. The minimum absolute atomic E-state index is 0.363. The van der Waals surface area contributed by atoms with Gasteiger partial charge in [-0.3, -0.25) is 4.40 Å². The second kappa shape index (κ2) is 4.40. The number of pyridine rings is 1. The van der Waals surface area contributed by atoms with E-state index in [0.717, 1.165) is 14.9 Å². The van der Waals surface area contributed by atoms with Crippen molar-refractivity contribution in [2.75, 3.05) is 6.61 Å². The first-order chi connectivity index (χ1) is 7.65. The molecule has 0 atom stereocenters. The predicted molar refractivity (Wildman–Crippen MR) is 68.6 cm³/mol. The summed E-state index contributed by atoms with van der Waals surface area (Å²) in [5.41, 5.74) is 2.22. The lowest BCUT2D eigenvalue weighted by atomic mass is 10.3. The third-order valence-corrected chi connectivity index (χ3v) is 3.29. The fourth-order valence-electron chi connectivity index (χ4n) is 1.50. The summed E-state index contributed by atoms with van der Waals surface area (Å²) < 4.78 is 7.64. The van der Waals surface area contributed by atoms with E-state index in [-0.39, 0.29) is 5.97 Å². The van der Waals surface area contributed by atoms with Gasteiger partial charge in [-0.05, 0) is 48.1 Å². The molecule has 0 fully saturated rings. The number of rotatable bonds is 2. The van der Waals surface area contributed by atoms with Gasteiger partial charge in [-0.25, -0.2) is 9.78 Å². The van der Waals surface area contributed by atoms with Crippen molar-refractivity contribution in [2.24, 2.45) is 0 Å². The maximum absolute atomic E-state index is 11.6. The number of fused-ring (bicyclic) bond motifs is 1. The van der Waals surface area contributed by atoms with Crippen LogP contribution in [0.3, 0.4) is 0 Å². The van der Waals surface area contributed by atoms with Crippen molar-refractivity contribution in [3.63, 3.8) is 0 Å². The number of hydrogen-bond acceptors (Lipinski definition) is 3. The molecule has 0 radical (unpaired) electrons. The lowest BCUT2D eigenvalue weighted by Crippen LogP contribution is -2.06. The van der Waals surface area contributed by atoms with Gasteiger partial charge in [-0.15, -0.1) is 0 Å². The molecule has 0 bridgehead atoms. The molecule has 0 saturated heterocycles. The van der Waals surface area contributed by atoms with Crippen LogP contribution in [0.5, 0.6) is 0 Å². The molecule has 2 heterocycles. The highest BCUT2D eigenvalue weighted by Crippen LogP contribution is 2.18. The van der Waals surface area contributed by atoms with Crippen molar-refractivity contribution in [2.45, 2.75) is 13.8 Å². The maximum Gasteiger partial charge on any atom is 0.359 e. The van der Waals surface area contributed by atoms with E-state index in [4.69, 9.17) is 4.74 Å². The van der Waals surface area contributed by atoms with Crippen LogP contribution < -0.4 is 0 Å². The average Bonchev–Trinajstić information content (AvgIpc) is 2.59. The summed E-state index contributed by atoms with van der Waals surface area (Å²) in [6, 6.07) is 3.90. The Balaban J connectivity index is 2.60. The molecule has 0 saturated carbocycles. The molecule has 84 valence electrons. The van der Waals surface area contributed by atoms with Crippen LogP contribution in [0.4, 0.5) is 0 Å². The molecule has 0 unspecified atom stereocenters. The molecule has 0 aromatic carbocycles. The van der Waals surface area contributed by atoms with Crippen molar-refractivity contribution in [1.29, 1.82) is 0 Å².